The summed E-state index contributed by atoms with van der Waals surface area (Å²) >= 11 is 0. The van der Waals surface area contributed by atoms with Crippen molar-refractivity contribution in [2.45, 2.75) is 12.8 Å². The number of H-pyrrole nitrogens is 1. The first-order chi connectivity index (χ1) is 8.72. The number of fused-ring (bicyclic) bond motifs is 1. The molecule has 0 radical (unpaired) electrons. The Balaban J connectivity index is 1.69. The number of imidazole rings is 1. The molecule has 5 nitrogen and oxygen atoms in total. The van der Waals surface area contributed by atoms with Crippen LogP contribution >= 0.6 is 0 Å². The van der Waals surface area contributed by atoms with Crippen LogP contribution in [-0.4, -0.2) is 22.5 Å². The lowest BCUT2D eigenvalue weighted by molar-refractivity contribution is 0.0270. The number of halogens is 1. The first-order valence-electron chi connectivity index (χ1n) is 5.80. The number of amides is 1. The van der Waals surface area contributed by atoms with Crippen LogP contribution in [0.1, 0.15) is 23.2 Å². The molecular weight excluding hydrogens is 237 g/mol. The number of rotatable bonds is 4. The van der Waals surface area contributed by atoms with Crippen molar-refractivity contribution in [1.29, 1.82) is 0 Å². The van der Waals surface area contributed by atoms with Gasteiger partial charge in [0.25, 0.3) is 12.0 Å². The summed E-state index contributed by atoms with van der Waals surface area (Å²) in [5, 5.41) is 0. The molecule has 3 rings (SSSR count). The van der Waals surface area contributed by atoms with Crippen LogP contribution in [0.5, 0.6) is 0 Å². The highest BCUT2D eigenvalue weighted by atomic mass is 19.1. The number of hydrogen-bond donors (Lipinski definition) is 2. The summed E-state index contributed by atoms with van der Waals surface area (Å²) in [7, 11) is 0. The fourth-order valence-electron chi connectivity index (χ4n) is 1.69. The number of carbonyl (C=O) groups is 1. The normalized spacial score (nSPS) is 14.9. The van der Waals surface area contributed by atoms with Crippen LogP contribution in [-0.2, 0) is 4.84 Å². The van der Waals surface area contributed by atoms with Gasteiger partial charge >= 0.3 is 0 Å². The quantitative estimate of drug-likeness (QED) is 0.811. The van der Waals surface area contributed by atoms with Gasteiger partial charge in [0.1, 0.15) is 0 Å². The second-order valence-corrected chi connectivity index (χ2v) is 4.45. The van der Waals surface area contributed by atoms with E-state index < -0.39 is 6.08 Å². The molecule has 0 saturated heterocycles. The lowest BCUT2D eigenvalue weighted by Gasteiger charge is -2.04. The maximum absolute atomic E-state index is 12.9. The van der Waals surface area contributed by atoms with Gasteiger partial charge < -0.3 is 4.98 Å². The van der Waals surface area contributed by atoms with Crippen LogP contribution in [0.25, 0.3) is 11.0 Å². The van der Waals surface area contributed by atoms with Crippen molar-refractivity contribution in [1.82, 2.24) is 15.4 Å². The number of aromatic amines is 1. The number of aromatic nitrogens is 2. The highest BCUT2D eigenvalue weighted by Gasteiger charge is 2.21. The third-order valence-corrected chi connectivity index (χ3v) is 2.90. The predicted molar refractivity (Wildman–Crippen MR) is 62.2 cm³/mol. The molecule has 1 aliphatic rings. The van der Waals surface area contributed by atoms with Gasteiger partial charge in [-0.25, -0.2) is 10.5 Å². The lowest BCUT2D eigenvalue weighted by atomic mass is 10.2. The van der Waals surface area contributed by atoms with Gasteiger partial charge in [0, 0.05) is 5.56 Å². The summed E-state index contributed by atoms with van der Waals surface area (Å²) in [6.45, 7) is 0.548. The molecule has 94 valence electrons. The Hall–Kier alpha value is -1.95. The van der Waals surface area contributed by atoms with Gasteiger partial charge in [-0.15, -0.1) is 0 Å². The summed E-state index contributed by atoms with van der Waals surface area (Å²) < 4.78 is 12.9. The van der Waals surface area contributed by atoms with Gasteiger partial charge in [-0.1, -0.05) is 0 Å². The molecule has 0 unspecified atom stereocenters. The molecule has 0 bridgehead atoms. The maximum atomic E-state index is 12.9. The maximum Gasteiger partial charge on any atom is 0.287 e. The molecule has 2 aromatic rings. The second-order valence-electron chi connectivity index (χ2n) is 4.45. The van der Waals surface area contributed by atoms with E-state index in [-0.39, 0.29) is 5.91 Å². The van der Waals surface area contributed by atoms with Gasteiger partial charge in [0.05, 0.1) is 17.6 Å². The minimum absolute atomic E-state index is 0.340. The van der Waals surface area contributed by atoms with Crippen LogP contribution in [0.4, 0.5) is 4.39 Å². The number of nitrogens with one attached hydrogen (secondary N) is 2. The fourth-order valence-corrected chi connectivity index (χ4v) is 1.69. The zero-order chi connectivity index (χ0) is 12.5. The van der Waals surface area contributed by atoms with E-state index in [1.807, 2.05) is 0 Å². The van der Waals surface area contributed by atoms with E-state index in [1.54, 1.807) is 18.2 Å². The Kier molecular flexibility index (Phi) is 2.71. The van der Waals surface area contributed by atoms with Crippen molar-refractivity contribution in [2.75, 3.05) is 6.61 Å². The van der Waals surface area contributed by atoms with E-state index in [2.05, 4.69) is 15.4 Å². The number of hydroxylamine groups is 1. The summed E-state index contributed by atoms with van der Waals surface area (Å²) in [6, 6.07) is 4.71. The van der Waals surface area contributed by atoms with E-state index in [1.165, 1.54) is 0 Å². The van der Waals surface area contributed by atoms with Crippen molar-refractivity contribution in [3.05, 3.63) is 29.8 Å². The minimum Gasteiger partial charge on any atom is -0.314 e. The summed E-state index contributed by atoms with van der Waals surface area (Å²) in [6.07, 6.45) is 1.66. The van der Waals surface area contributed by atoms with Crippen LogP contribution in [0.2, 0.25) is 0 Å². The van der Waals surface area contributed by atoms with Crippen molar-refractivity contribution in [3.8, 4) is 0 Å². The Morgan fingerprint density at radius 1 is 1.56 bits per heavy atom. The van der Waals surface area contributed by atoms with E-state index in [9.17, 15) is 9.18 Å². The minimum atomic E-state index is -0.660. The van der Waals surface area contributed by atoms with Gasteiger partial charge in [0.15, 0.2) is 0 Å². The monoisotopic (exact) mass is 249 g/mol. The van der Waals surface area contributed by atoms with E-state index in [4.69, 9.17) is 4.84 Å². The Morgan fingerprint density at radius 3 is 3.17 bits per heavy atom. The lowest BCUT2D eigenvalue weighted by Crippen LogP contribution is -2.24. The first kappa shape index (κ1) is 11.2. The van der Waals surface area contributed by atoms with Crippen molar-refractivity contribution < 1.29 is 14.0 Å². The molecular formula is C12H12FN3O2. The largest absolute Gasteiger partial charge is 0.314 e. The highest BCUT2D eigenvalue weighted by molar-refractivity contribution is 5.96. The van der Waals surface area contributed by atoms with Crippen molar-refractivity contribution in [3.63, 3.8) is 0 Å². The van der Waals surface area contributed by atoms with Crippen LogP contribution in [0.3, 0.4) is 0 Å². The highest BCUT2D eigenvalue weighted by Crippen LogP contribution is 2.28. The van der Waals surface area contributed by atoms with Gasteiger partial charge in [-0.05, 0) is 37.0 Å². The first-order valence-corrected chi connectivity index (χ1v) is 5.80. The van der Waals surface area contributed by atoms with Crippen molar-refractivity contribution in [2.24, 2.45) is 5.92 Å². The number of benzene rings is 1. The number of nitrogens with zero attached hydrogens (tertiary/aromatic N) is 1. The average Bonchev–Trinajstić information content (AvgIpc) is 3.08. The zero-order valence-corrected chi connectivity index (χ0v) is 9.57. The SMILES string of the molecule is O=C(NOCC1CC1)c1ccc2nc(F)[nH]c2c1. The molecule has 0 atom stereocenters. The van der Waals surface area contributed by atoms with Gasteiger partial charge in [-0.3, -0.25) is 9.63 Å². The summed E-state index contributed by atoms with van der Waals surface area (Å²) in [5.74, 6) is 0.238. The summed E-state index contributed by atoms with van der Waals surface area (Å²) in [4.78, 5) is 22.9. The average molecular weight is 249 g/mol. The molecule has 1 aromatic carbocycles. The van der Waals surface area contributed by atoms with Crippen LogP contribution in [0, 0.1) is 12.0 Å². The molecule has 1 aromatic heterocycles. The standard InChI is InChI=1S/C12H12FN3O2/c13-12-14-9-4-3-8(5-10(9)15-12)11(17)16-18-6-7-1-2-7/h3-5,7H,1-2,6H2,(H,14,15)(H,16,17). The fraction of sp³-hybridized carbons (Fsp3) is 0.333. The number of carbonyl (C=O) groups excluding carboxylic acids is 1. The van der Waals surface area contributed by atoms with E-state index in [0.29, 0.717) is 29.1 Å². The van der Waals surface area contributed by atoms with Gasteiger partial charge in [-0.2, -0.15) is 4.39 Å². The Bertz CT molecular complexity index is 592. The summed E-state index contributed by atoms with van der Waals surface area (Å²) in [5.41, 5.74) is 3.76. The molecule has 6 heteroatoms. The molecule has 1 amide bonds. The third kappa shape index (κ3) is 2.33. The van der Waals surface area contributed by atoms with E-state index in [0.717, 1.165) is 12.8 Å². The van der Waals surface area contributed by atoms with E-state index >= 15 is 0 Å². The number of hydrogen-bond acceptors (Lipinski definition) is 3. The van der Waals surface area contributed by atoms with Crippen molar-refractivity contribution >= 4 is 16.9 Å². The van der Waals surface area contributed by atoms with Gasteiger partial charge in [0.2, 0.25) is 0 Å². The zero-order valence-electron chi connectivity index (χ0n) is 9.57. The molecule has 0 aliphatic heterocycles. The second kappa shape index (κ2) is 4.38. The molecule has 18 heavy (non-hydrogen) atoms. The predicted octanol–water partition coefficient (Wildman–Crippen LogP) is 1.77. The molecule has 1 saturated carbocycles. The molecule has 1 heterocycles. The van der Waals surface area contributed by atoms with Crippen LogP contribution in [0.15, 0.2) is 18.2 Å². The molecule has 1 fully saturated rings. The molecule has 1 aliphatic carbocycles. The topological polar surface area (TPSA) is 67.0 Å². The van der Waals surface area contributed by atoms with Crippen LogP contribution < -0.4 is 5.48 Å². The Labute approximate surface area is 102 Å². The molecule has 2 N–H and O–H groups in total. The smallest absolute Gasteiger partial charge is 0.287 e. The molecule has 0 spiro atoms. The Morgan fingerprint density at radius 2 is 2.39 bits per heavy atom. The third-order valence-electron chi connectivity index (χ3n) is 2.90.